The Morgan fingerprint density at radius 3 is 2.42 bits per heavy atom. The fourth-order valence-electron chi connectivity index (χ4n) is 3.69. The summed E-state index contributed by atoms with van der Waals surface area (Å²) in [5, 5.41) is 0.638. The van der Waals surface area contributed by atoms with Crippen LogP contribution in [0.5, 0.6) is 0 Å². The van der Waals surface area contributed by atoms with E-state index in [4.69, 9.17) is 21.1 Å². The number of carbonyl (C=O) groups is 2. The molecule has 0 amide bonds. The first kappa shape index (κ1) is 19.0. The third-order valence-corrected chi connectivity index (χ3v) is 5.34. The first-order chi connectivity index (χ1) is 12.6. The van der Waals surface area contributed by atoms with Gasteiger partial charge in [0.15, 0.2) is 0 Å². The summed E-state index contributed by atoms with van der Waals surface area (Å²) in [6.45, 7) is 2.20. The van der Waals surface area contributed by atoms with Crippen LogP contribution in [-0.2, 0) is 19.1 Å². The Bertz CT molecular complexity index is 680. The van der Waals surface area contributed by atoms with Crippen molar-refractivity contribution < 1.29 is 19.1 Å². The number of hydrogen-bond acceptors (Lipinski definition) is 4. The molecule has 1 aromatic rings. The molecule has 0 saturated carbocycles. The molecule has 3 atom stereocenters. The third kappa shape index (κ3) is 4.29. The molecule has 0 spiro atoms. The minimum atomic E-state index is -0.786. The summed E-state index contributed by atoms with van der Waals surface area (Å²) in [6.07, 6.45) is 8.55. The van der Waals surface area contributed by atoms with Crippen LogP contribution in [0.1, 0.15) is 57.4 Å². The molecule has 3 rings (SSSR count). The molecule has 0 aromatic heterocycles. The molecule has 0 unspecified atom stereocenters. The molecule has 2 heterocycles. The molecule has 0 N–H and O–H groups in total. The van der Waals surface area contributed by atoms with Crippen LogP contribution in [0.3, 0.4) is 0 Å². The number of benzene rings is 1. The van der Waals surface area contributed by atoms with E-state index in [-0.39, 0.29) is 12.0 Å². The zero-order chi connectivity index (χ0) is 18.5. The van der Waals surface area contributed by atoms with Crippen molar-refractivity contribution in [2.75, 3.05) is 0 Å². The lowest BCUT2D eigenvalue weighted by molar-refractivity contribution is -0.156. The van der Waals surface area contributed by atoms with Gasteiger partial charge in [-0.15, -0.1) is 0 Å². The zero-order valence-corrected chi connectivity index (χ0v) is 15.8. The number of halogens is 1. The molecule has 0 bridgehead atoms. The van der Waals surface area contributed by atoms with Crippen molar-refractivity contribution in [2.45, 2.75) is 64.1 Å². The molecule has 2 saturated heterocycles. The van der Waals surface area contributed by atoms with Crippen molar-refractivity contribution in [3.8, 4) is 0 Å². The van der Waals surface area contributed by atoms with Gasteiger partial charge in [0.25, 0.3) is 0 Å². The number of carbonyl (C=O) groups excluding carboxylic acids is 2. The first-order valence-corrected chi connectivity index (χ1v) is 9.86. The van der Waals surface area contributed by atoms with E-state index in [0.717, 1.165) is 24.8 Å². The van der Waals surface area contributed by atoms with Crippen molar-refractivity contribution in [1.29, 1.82) is 0 Å². The van der Waals surface area contributed by atoms with Gasteiger partial charge in [0, 0.05) is 10.6 Å². The van der Waals surface area contributed by atoms with Gasteiger partial charge in [0.2, 0.25) is 6.10 Å². The Morgan fingerprint density at radius 1 is 1.00 bits per heavy atom. The van der Waals surface area contributed by atoms with Crippen molar-refractivity contribution in [1.82, 2.24) is 0 Å². The molecule has 26 heavy (non-hydrogen) atoms. The van der Waals surface area contributed by atoms with Crippen molar-refractivity contribution in [3.63, 3.8) is 0 Å². The summed E-state index contributed by atoms with van der Waals surface area (Å²) >= 11 is 5.91. The van der Waals surface area contributed by atoms with E-state index in [0.29, 0.717) is 10.6 Å². The highest BCUT2D eigenvalue weighted by Crippen LogP contribution is 2.40. The monoisotopic (exact) mass is 376 g/mol. The zero-order valence-electron chi connectivity index (χ0n) is 15.1. The van der Waals surface area contributed by atoms with Gasteiger partial charge in [-0.05, 0) is 36.6 Å². The first-order valence-electron chi connectivity index (χ1n) is 9.48. The molecule has 140 valence electrons. The van der Waals surface area contributed by atoms with E-state index < -0.39 is 18.0 Å². The highest BCUT2D eigenvalue weighted by molar-refractivity contribution is 6.30. The normalized spacial score (nSPS) is 26.1. The number of unbranched alkanes of at least 4 members (excludes halogenated alkanes) is 5. The number of ether oxygens (including phenoxy) is 2. The van der Waals surface area contributed by atoms with Crippen LogP contribution >= 0.6 is 11.6 Å². The molecular weight excluding hydrogens is 352 g/mol. The average molecular weight is 377 g/mol. The van der Waals surface area contributed by atoms with Gasteiger partial charge in [-0.25, -0.2) is 9.59 Å². The maximum Gasteiger partial charge on any atom is 0.348 e. The summed E-state index contributed by atoms with van der Waals surface area (Å²) in [7, 11) is 0. The second-order valence-corrected chi connectivity index (χ2v) is 7.47. The third-order valence-electron chi connectivity index (χ3n) is 5.09. The number of cyclic esters (lactones) is 1. The fourth-order valence-corrected chi connectivity index (χ4v) is 3.82. The molecular formula is C21H25ClO4. The average Bonchev–Trinajstić information content (AvgIpc) is 3.10. The van der Waals surface area contributed by atoms with Gasteiger partial charge < -0.3 is 9.47 Å². The Balaban J connectivity index is 1.67. The summed E-state index contributed by atoms with van der Waals surface area (Å²) < 4.78 is 10.8. The quantitative estimate of drug-likeness (QED) is 0.366. The van der Waals surface area contributed by atoms with Crippen LogP contribution in [0.4, 0.5) is 0 Å². The van der Waals surface area contributed by atoms with Gasteiger partial charge in [-0.2, -0.15) is 0 Å². The Labute approximate surface area is 159 Å². The topological polar surface area (TPSA) is 52.6 Å². The molecule has 2 aliphatic rings. The number of fused-ring (bicyclic) bond motifs is 1. The summed E-state index contributed by atoms with van der Waals surface area (Å²) in [5.74, 6) is -1.14. The lowest BCUT2D eigenvalue weighted by Crippen LogP contribution is -2.22. The van der Waals surface area contributed by atoms with Crippen molar-refractivity contribution >= 4 is 29.6 Å². The lowest BCUT2D eigenvalue weighted by atomic mass is 9.88. The smallest absolute Gasteiger partial charge is 0.348 e. The van der Waals surface area contributed by atoms with Crippen molar-refractivity contribution in [2.24, 2.45) is 5.92 Å². The highest BCUT2D eigenvalue weighted by atomic mass is 35.5. The van der Waals surface area contributed by atoms with Gasteiger partial charge in [-0.1, -0.05) is 62.8 Å². The minimum Gasteiger partial charge on any atom is -0.459 e. The second kappa shape index (κ2) is 8.72. The standard InChI is InChI=1S/C21H25ClO4/c1-2-3-4-5-6-7-8-17-18-16(13-14-9-11-15(22)12-10-14)20(23)26-19(18)21(24)25-17/h9-13,17-19H,2-8H2,1H3/b16-13-/t17-,18-,19-/m1/s1. The number of rotatable bonds is 8. The predicted molar refractivity (Wildman–Crippen MR) is 101 cm³/mol. The molecule has 5 heteroatoms. The highest BCUT2D eigenvalue weighted by Gasteiger charge is 2.55. The van der Waals surface area contributed by atoms with E-state index in [1.807, 2.05) is 12.1 Å². The molecule has 0 aliphatic carbocycles. The predicted octanol–water partition coefficient (Wildman–Crippen LogP) is 4.94. The number of esters is 2. The molecule has 4 nitrogen and oxygen atoms in total. The fraction of sp³-hybridized carbons (Fsp3) is 0.524. The van der Waals surface area contributed by atoms with Gasteiger partial charge >= 0.3 is 11.9 Å². The van der Waals surface area contributed by atoms with E-state index in [1.165, 1.54) is 25.7 Å². The van der Waals surface area contributed by atoms with Crippen LogP contribution in [0.2, 0.25) is 5.02 Å². The Morgan fingerprint density at radius 2 is 1.69 bits per heavy atom. The maximum atomic E-state index is 12.3. The minimum absolute atomic E-state index is 0.274. The van der Waals surface area contributed by atoms with Crippen LogP contribution in [0.25, 0.3) is 6.08 Å². The van der Waals surface area contributed by atoms with Crippen LogP contribution in [0, 0.1) is 5.92 Å². The lowest BCUT2D eigenvalue weighted by Gasteiger charge is -2.15. The maximum absolute atomic E-state index is 12.3. The van der Waals surface area contributed by atoms with E-state index in [2.05, 4.69) is 6.92 Å². The molecule has 0 radical (unpaired) electrons. The van der Waals surface area contributed by atoms with E-state index >= 15 is 0 Å². The van der Waals surface area contributed by atoms with E-state index in [9.17, 15) is 9.59 Å². The summed E-state index contributed by atoms with van der Waals surface area (Å²) in [5.41, 5.74) is 1.39. The van der Waals surface area contributed by atoms with Crippen LogP contribution < -0.4 is 0 Å². The number of hydrogen-bond donors (Lipinski definition) is 0. The van der Waals surface area contributed by atoms with Gasteiger partial charge in [0.1, 0.15) is 6.10 Å². The van der Waals surface area contributed by atoms with Gasteiger partial charge in [0.05, 0.1) is 5.92 Å². The van der Waals surface area contributed by atoms with E-state index in [1.54, 1.807) is 18.2 Å². The SMILES string of the molecule is CCCCCCCC[C@H]1OC(=O)[C@@H]2OC(=O)/C(=C\c3ccc(Cl)cc3)[C@H]12. The largest absolute Gasteiger partial charge is 0.459 e. The summed E-state index contributed by atoms with van der Waals surface area (Å²) in [4.78, 5) is 24.4. The molecule has 2 fully saturated rings. The van der Waals surface area contributed by atoms with Crippen LogP contribution in [0.15, 0.2) is 29.8 Å². The van der Waals surface area contributed by atoms with Crippen molar-refractivity contribution in [3.05, 3.63) is 40.4 Å². The van der Waals surface area contributed by atoms with Crippen LogP contribution in [-0.4, -0.2) is 24.1 Å². The molecule has 1 aromatic carbocycles. The Kier molecular flexibility index (Phi) is 6.36. The Hall–Kier alpha value is -1.81. The molecule has 2 aliphatic heterocycles. The second-order valence-electron chi connectivity index (χ2n) is 7.03. The summed E-state index contributed by atoms with van der Waals surface area (Å²) in [6, 6.07) is 7.23. The van der Waals surface area contributed by atoms with Gasteiger partial charge in [-0.3, -0.25) is 0 Å².